The highest BCUT2D eigenvalue weighted by Gasteiger charge is 2.20. The minimum absolute atomic E-state index is 0.301. The number of carboxylic acids is 1. The molecule has 0 saturated carbocycles. The van der Waals surface area contributed by atoms with E-state index in [1.165, 1.54) is 0 Å². The Balaban J connectivity index is 1.63. The van der Waals surface area contributed by atoms with Crippen molar-refractivity contribution in [2.45, 2.75) is 19.3 Å². The first-order chi connectivity index (χ1) is 9.63. The molecule has 0 aromatic heterocycles. The first-order valence-corrected chi connectivity index (χ1v) is 7.34. The van der Waals surface area contributed by atoms with Gasteiger partial charge in [-0.05, 0) is 56.1 Å². The van der Waals surface area contributed by atoms with Gasteiger partial charge in [0.05, 0.1) is 0 Å². The highest BCUT2D eigenvalue weighted by atomic mass is 35.5. The van der Waals surface area contributed by atoms with Crippen LogP contribution < -0.4 is 4.74 Å². The van der Waals surface area contributed by atoms with Gasteiger partial charge in [-0.15, -0.1) is 0 Å². The number of rotatable bonds is 6. The molecule has 1 aromatic carbocycles. The van der Waals surface area contributed by atoms with E-state index in [1.807, 2.05) is 24.3 Å². The summed E-state index contributed by atoms with van der Waals surface area (Å²) in [4.78, 5) is 13.0. The zero-order chi connectivity index (χ0) is 14.4. The lowest BCUT2D eigenvalue weighted by molar-refractivity contribution is -0.138. The minimum atomic E-state index is -0.686. The van der Waals surface area contributed by atoms with E-state index in [9.17, 15) is 4.79 Å². The van der Waals surface area contributed by atoms with E-state index in [4.69, 9.17) is 21.4 Å². The molecule has 1 aromatic rings. The molecule has 20 heavy (non-hydrogen) atoms. The fourth-order valence-electron chi connectivity index (χ4n) is 2.48. The summed E-state index contributed by atoms with van der Waals surface area (Å²) in [5, 5.41) is 9.48. The summed E-state index contributed by atoms with van der Waals surface area (Å²) in [5.41, 5.74) is 0. The van der Waals surface area contributed by atoms with Gasteiger partial charge in [-0.1, -0.05) is 11.6 Å². The Labute approximate surface area is 124 Å². The average Bonchev–Trinajstić information content (AvgIpc) is 2.42. The van der Waals surface area contributed by atoms with E-state index in [1.54, 1.807) is 0 Å². The van der Waals surface area contributed by atoms with Crippen LogP contribution in [0.3, 0.4) is 0 Å². The van der Waals surface area contributed by atoms with Gasteiger partial charge in [0, 0.05) is 18.0 Å². The third-order valence-corrected chi connectivity index (χ3v) is 3.91. The number of ether oxygens (including phenoxy) is 1. The van der Waals surface area contributed by atoms with Gasteiger partial charge in [0.25, 0.3) is 0 Å². The zero-order valence-electron chi connectivity index (χ0n) is 11.4. The van der Waals surface area contributed by atoms with E-state index < -0.39 is 5.97 Å². The summed E-state index contributed by atoms with van der Waals surface area (Å²) in [6.07, 6.45) is 2.23. The number of hydrogen-bond acceptors (Lipinski definition) is 3. The third kappa shape index (κ3) is 5.02. The number of piperidine rings is 1. The molecule has 1 heterocycles. The molecular weight excluding hydrogens is 278 g/mol. The molecule has 5 heteroatoms. The van der Waals surface area contributed by atoms with Crippen molar-refractivity contribution < 1.29 is 14.6 Å². The Bertz CT molecular complexity index is 427. The number of aliphatic carboxylic acids is 1. The lowest BCUT2D eigenvalue weighted by atomic mass is 9.94. The fourth-order valence-corrected chi connectivity index (χ4v) is 2.61. The van der Waals surface area contributed by atoms with Crippen molar-refractivity contribution in [1.82, 2.24) is 4.90 Å². The predicted octanol–water partition coefficient (Wildman–Crippen LogP) is 2.91. The average molecular weight is 298 g/mol. The molecule has 2 rings (SSSR count). The second kappa shape index (κ2) is 7.50. The first-order valence-electron chi connectivity index (χ1n) is 6.96. The lowest BCUT2D eigenvalue weighted by Crippen LogP contribution is -2.37. The number of carboxylic acid groups (broad SMARTS) is 1. The molecule has 1 N–H and O–H groups in total. The van der Waals surface area contributed by atoms with Crippen LogP contribution in [0.15, 0.2) is 24.3 Å². The molecule has 0 unspecified atom stereocenters. The first kappa shape index (κ1) is 15.1. The molecular formula is C15H20ClNO3. The maximum Gasteiger partial charge on any atom is 0.303 e. The summed E-state index contributed by atoms with van der Waals surface area (Å²) < 4.78 is 5.66. The number of carbonyl (C=O) groups is 1. The maximum atomic E-state index is 10.7. The van der Waals surface area contributed by atoms with Crippen LogP contribution >= 0.6 is 11.6 Å². The summed E-state index contributed by atoms with van der Waals surface area (Å²) in [5.74, 6) is 0.477. The van der Waals surface area contributed by atoms with E-state index in [0.29, 0.717) is 24.0 Å². The molecule has 4 nitrogen and oxygen atoms in total. The molecule has 1 aliphatic rings. The number of nitrogens with zero attached hydrogens (tertiary/aromatic N) is 1. The molecule has 1 saturated heterocycles. The van der Waals surface area contributed by atoms with Crippen molar-refractivity contribution >= 4 is 17.6 Å². The van der Waals surface area contributed by atoms with E-state index in [0.717, 1.165) is 38.2 Å². The predicted molar refractivity (Wildman–Crippen MR) is 78.4 cm³/mol. The molecule has 1 aliphatic heterocycles. The Morgan fingerprint density at radius 2 is 1.95 bits per heavy atom. The molecule has 0 radical (unpaired) electrons. The molecule has 0 spiro atoms. The lowest BCUT2D eigenvalue weighted by Gasteiger charge is -2.31. The summed E-state index contributed by atoms with van der Waals surface area (Å²) in [7, 11) is 0. The highest BCUT2D eigenvalue weighted by molar-refractivity contribution is 6.30. The van der Waals surface area contributed by atoms with E-state index in [-0.39, 0.29) is 0 Å². The Morgan fingerprint density at radius 3 is 2.55 bits per heavy atom. The van der Waals surface area contributed by atoms with Gasteiger partial charge in [-0.3, -0.25) is 9.69 Å². The van der Waals surface area contributed by atoms with Crippen LogP contribution in [0.2, 0.25) is 5.02 Å². The van der Waals surface area contributed by atoms with Crippen molar-refractivity contribution in [2.75, 3.05) is 26.2 Å². The van der Waals surface area contributed by atoms with Gasteiger partial charge < -0.3 is 9.84 Å². The highest BCUT2D eigenvalue weighted by Crippen LogP contribution is 2.20. The largest absolute Gasteiger partial charge is 0.492 e. The van der Waals surface area contributed by atoms with Crippen LogP contribution in [0.4, 0.5) is 0 Å². The quantitative estimate of drug-likeness (QED) is 0.877. The topological polar surface area (TPSA) is 49.8 Å². The normalized spacial score (nSPS) is 17.1. The monoisotopic (exact) mass is 297 g/mol. The minimum Gasteiger partial charge on any atom is -0.492 e. The third-order valence-electron chi connectivity index (χ3n) is 3.66. The van der Waals surface area contributed by atoms with Crippen LogP contribution in [0.25, 0.3) is 0 Å². The van der Waals surface area contributed by atoms with Gasteiger partial charge in [0.2, 0.25) is 0 Å². The Hall–Kier alpha value is -1.26. The van der Waals surface area contributed by atoms with Crippen molar-refractivity contribution in [1.29, 1.82) is 0 Å². The van der Waals surface area contributed by atoms with Crippen molar-refractivity contribution in [2.24, 2.45) is 5.92 Å². The van der Waals surface area contributed by atoms with Crippen LogP contribution in [0.5, 0.6) is 5.75 Å². The van der Waals surface area contributed by atoms with Gasteiger partial charge in [-0.2, -0.15) is 0 Å². The van der Waals surface area contributed by atoms with E-state index in [2.05, 4.69) is 4.90 Å². The van der Waals surface area contributed by atoms with Crippen molar-refractivity contribution in [3.8, 4) is 5.75 Å². The summed E-state index contributed by atoms with van der Waals surface area (Å²) >= 11 is 5.81. The van der Waals surface area contributed by atoms with E-state index >= 15 is 0 Å². The van der Waals surface area contributed by atoms with Crippen LogP contribution in [-0.2, 0) is 4.79 Å². The van der Waals surface area contributed by atoms with Gasteiger partial charge in [-0.25, -0.2) is 0 Å². The molecule has 0 aliphatic carbocycles. The van der Waals surface area contributed by atoms with Gasteiger partial charge in [0.1, 0.15) is 12.4 Å². The van der Waals surface area contributed by atoms with Gasteiger partial charge in [0.15, 0.2) is 0 Å². The SMILES string of the molecule is O=C(O)CC1CCN(CCOc2ccc(Cl)cc2)CC1. The van der Waals surface area contributed by atoms with Gasteiger partial charge >= 0.3 is 5.97 Å². The maximum absolute atomic E-state index is 10.7. The fraction of sp³-hybridized carbons (Fsp3) is 0.533. The summed E-state index contributed by atoms with van der Waals surface area (Å²) in [6, 6.07) is 7.35. The number of likely N-dealkylation sites (tertiary alicyclic amines) is 1. The van der Waals surface area contributed by atoms with Crippen molar-refractivity contribution in [3.63, 3.8) is 0 Å². The van der Waals surface area contributed by atoms with Crippen LogP contribution in [0.1, 0.15) is 19.3 Å². The number of benzene rings is 1. The summed E-state index contributed by atoms with van der Waals surface area (Å²) in [6.45, 7) is 3.44. The molecule has 110 valence electrons. The number of halogens is 1. The van der Waals surface area contributed by atoms with Crippen LogP contribution in [-0.4, -0.2) is 42.2 Å². The van der Waals surface area contributed by atoms with Crippen LogP contribution in [0, 0.1) is 5.92 Å². The molecule has 0 amide bonds. The van der Waals surface area contributed by atoms with Crippen molar-refractivity contribution in [3.05, 3.63) is 29.3 Å². The Kier molecular flexibility index (Phi) is 5.68. The second-order valence-corrected chi connectivity index (χ2v) is 5.62. The molecule has 1 fully saturated rings. The second-order valence-electron chi connectivity index (χ2n) is 5.19. The molecule has 0 atom stereocenters. The Morgan fingerprint density at radius 1 is 1.30 bits per heavy atom. The smallest absolute Gasteiger partial charge is 0.303 e. The number of hydrogen-bond donors (Lipinski definition) is 1. The zero-order valence-corrected chi connectivity index (χ0v) is 12.2. The standard InChI is InChI=1S/C15H20ClNO3/c16-13-1-3-14(4-2-13)20-10-9-17-7-5-12(6-8-17)11-15(18)19/h1-4,12H,5-11H2,(H,18,19). The molecule has 0 bridgehead atoms.